The Balaban J connectivity index is 0. The molecule has 0 atom stereocenters. The molecule has 0 aliphatic rings. The molecular weight excluding hydrogens is 289 g/mol. The number of Topliss-reactive ketones (excluding diaryl/α,β-unsaturated/α-hetero) is 1. The molecule has 0 aromatic rings. The number of nitrogens with two attached hydrogens (primary N) is 1. The van der Waals surface area contributed by atoms with E-state index in [2.05, 4.69) is 12.7 Å². The van der Waals surface area contributed by atoms with Crippen LogP contribution in [0.1, 0.15) is 84.0 Å². The van der Waals surface area contributed by atoms with Gasteiger partial charge in [0.1, 0.15) is 0 Å². The van der Waals surface area contributed by atoms with Crippen molar-refractivity contribution in [2.24, 2.45) is 5.73 Å². The number of aliphatic carboxylic acids is 1. The third kappa shape index (κ3) is 25.1. The number of carboxylic acids is 1. The minimum absolute atomic E-state index is 0.278. The topological polar surface area (TPSA) is 80.4 Å². The van der Waals surface area contributed by atoms with Gasteiger partial charge in [0.15, 0.2) is 0 Å². The van der Waals surface area contributed by atoms with Crippen LogP contribution in [0, 0.1) is 0 Å². The first-order valence-corrected chi connectivity index (χ1v) is 10.4. The second kappa shape index (κ2) is 21.1. The molecular formula is C17H34NNaO3. The molecule has 3 N–H and O–H groups in total. The summed E-state index contributed by atoms with van der Waals surface area (Å²) in [5.74, 6) is -0.474. The van der Waals surface area contributed by atoms with Crippen molar-refractivity contribution in [3.05, 3.63) is 0 Å². The summed E-state index contributed by atoms with van der Waals surface area (Å²) in [4.78, 5) is 20.3. The number of carboxylic acid groups (broad SMARTS) is 1. The predicted octanol–water partition coefficient (Wildman–Crippen LogP) is 3.87. The predicted molar refractivity (Wildman–Crippen MR) is 93.3 cm³/mol. The molecule has 0 aromatic carbocycles. The molecule has 0 saturated carbocycles. The molecule has 0 heterocycles. The summed E-state index contributed by atoms with van der Waals surface area (Å²) in [6.45, 7) is 1.99. The van der Waals surface area contributed by atoms with Gasteiger partial charge in [-0.2, -0.15) is 0 Å². The van der Waals surface area contributed by atoms with E-state index in [1.807, 2.05) is 0 Å². The molecule has 5 heteroatoms. The van der Waals surface area contributed by atoms with Crippen LogP contribution in [0.5, 0.6) is 0 Å². The van der Waals surface area contributed by atoms with E-state index in [0.717, 1.165) is 44.4 Å². The number of unbranched alkanes of at least 4 members (excludes halogenated alkanes) is 10. The van der Waals surface area contributed by atoms with Gasteiger partial charge in [0, 0.05) is 0 Å². The smallest absolute Gasteiger partial charge is 0.317 e. The van der Waals surface area contributed by atoms with E-state index in [1.54, 1.807) is 0 Å². The first-order chi connectivity index (χ1) is 10.6. The van der Waals surface area contributed by atoms with Gasteiger partial charge in [-0.25, -0.2) is 0 Å². The van der Waals surface area contributed by atoms with Crippen LogP contribution >= 0.6 is 0 Å². The standard InChI is InChI=1S/C15H29O.C2H5NO2.Na/c1-3-4-5-6-7-8-9-10-11-12-13-14-15(2)16;3-1-2(4)5;/h2-14H2,1H3;1,3H2,(H,4,5);. The summed E-state index contributed by atoms with van der Waals surface area (Å²) in [6.07, 6.45) is 15.8. The van der Waals surface area contributed by atoms with E-state index in [1.165, 1.54) is 64.2 Å². The van der Waals surface area contributed by atoms with Gasteiger partial charge < -0.3 is 10.8 Å². The number of carbonyl (C=O) groups excluding carboxylic acids is 1. The van der Waals surface area contributed by atoms with E-state index in [4.69, 9.17) is 5.11 Å². The van der Waals surface area contributed by atoms with Gasteiger partial charge in [0.25, 0.3) is 0 Å². The van der Waals surface area contributed by atoms with Crippen molar-refractivity contribution in [1.82, 2.24) is 0 Å². The molecule has 22 heavy (non-hydrogen) atoms. The number of carbonyl (C=O) groups is 2. The Morgan fingerprint density at radius 1 is 0.864 bits per heavy atom. The summed E-state index contributed by atoms with van der Waals surface area (Å²) >= 11 is 1.04. The maximum absolute atomic E-state index is 11.1. The summed E-state index contributed by atoms with van der Waals surface area (Å²) in [5.41, 5.74) is 4.57. The van der Waals surface area contributed by atoms with Crippen LogP contribution < -0.4 is 5.73 Å². The van der Waals surface area contributed by atoms with Crippen molar-refractivity contribution in [3.8, 4) is 0 Å². The van der Waals surface area contributed by atoms with Crippen LogP contribution in [0.4, 0.5) is 0 Å². The maximum atomic E-state index is 11.1. The molecule has 0 fully saturated rings. The maximum Gasteiger partial charge on any atom is 0.317 e. The zero-order chi connectivity index (χ0) is 17.1. The van der Waals surface area contributed by atoms with Crippen molar-refractivity contribution in [2.75, 3.05) is 6.54 Å². The van der Waals surface area contributed by atoms with E-state index >= 15 is 0 Å². The fourth-order valence-corrected chi connectivity index (χ4v) is 2.52. The Labute approximate surface area is 154 Å². The van der Waals surface area contributed by atoms with Crippen molar-refractivity contribution in [1.29, 1.82) is 0 Å². The number of hydrogen-bond donors (Lipinski definition) is 2. The average Bonchev–Trinajstić information content (AvgIpc) is 2.52. The molecule has 0 radical (unpaired) electrons. The fourth-order valence-electron chi connectivity index (χ4n) is 2.16. The van der Waals surface area contributed by atoms with Crippen molar-refractivity contribution >= 4 is 39.7 Å². The van der Waals surface area contributed by atoms with Crippen molar-refractivity contribution in [3.63, 3.8) is 0 Å². The summed E-state index contributed by atoms with van der Waals surface area (Å²) in [5, 5.41) is 7.60. The SMILES string of the molecule is CCCCCCCCCCCCCC(=O)[CH2][Na].NCC(=O)O. The second-order valence-corrected chi connectivity index (χ2v) is 6.48. The molecule has 0 rings (SSSR count). The Kier molecular flexibility index (Phi) is 23.4. The Bertz CT molecular complexity index is 260. The molecule has 0 aromatic heterocycles. The molecule has 0 spiro atoms. The Hall–Kier alpha value is 0.1000. The summed E-state index contributed by atoms with van der Waals surface area (Å²) < 4.78 is 0.859. The van der Waals surface area contributed by atoms with E-state index < -0.39 is 5.97 Å². The van der Waals surface area contributed by atoms with E-state index in [-0.39, 0.29) is 6.54 Å². The molecule has 0 unspecified atom stereocenters. The van der Waals surface area contributed by atoms with Crippen LogP contribution in [0.25, 0.3) is 0 Å². The van der Waals surface area contributed by atoms with Crippen LogP contribution in [-0.2, 0) is 9.59 Å². The van der Waals surface area contributed by atoms with Gasteiger partial charge in [-0.1, -0.05) is 19.8 Å². The zero-order valence-electron chi connectivity index (χ0n) is 14.7. The van der Waals surface area contributed by atoms with Gasteiger partial charge in [0.05, 0.1) is 6.54 Å². The van der Waals surface area contributed by atoms with E-state index in [0.29, 0.717) is 5.78 Å². The van der Waals surface area contributed by atoms with Gasteiger partial charge in [-0.15, -0.1) is 0 Å². The van der Waals surface area contributed by atoms with Crippen molar-refractivity contribution < 1.29 is 14.7 Å². The van der Waals surface area contributed by atoms with Crippen molar-refractivity contribution in [2.45, 2.75) is 87.6 Å². The minimum Gasteiger partial charge on any atom is -0.480 e. The molecule has 4 nitrogen and oxygen atoms in total. The summed E-state index contributed by atoms with van der Waals surface area (Å²) in [6, 6.07) is 0. The largest absolute Gasteiger partial charge is 0.480 e. The summed E-state index contributed by atoms with van der Waals surface area (Å²) in [7, 11) is 0. The number of ketones is 1. The van der Waals surface area contributed by atoms with Gasteiger partial charge in [-0.05, 0) is 0 Å². The van der Waals surface area contributed by atoms with Gasteiger partial charge >= 0.3 is 112 Å². The first kappa shape index (κ1) is 24.4. The van der Waals surface area contributed by atoms with Gasteiger partial charge in [0.2, 0.25) is 0 Å². The first-order valence-electron chi connectivity index (χ1n) is 9.01. The van der Waals surface area contributed by atoms with Gasteiger partial charge in [-0.3, -0.25) is 4.79 Å². The minimum atomic E-state index is -0.968. The second-order valence-electron chi connectivity index (χ2n) is 5.78. The van der Waals surface area contributed by atoms with Crippen LogP contribution in [0.2, 0.25) is 3.67 Å². The third-order valence-corrected chi connectivity index (χ3v) is 4.42. The monoisotopic (exact) mass is 323 g/mol. The molecule has 0 aliphatic heterocycles. The number of rotatable bonds is 14. The molecule has 0 bridgehead atoms. The molecule has 0 aliphatic carbocycles. The average molecular weight is 323 g/mol. The normalized spacial score (nSPS) is 10.0. The Morgan fingerprint density at radius 3 is 1.55 bits per heavy atom. The zero-order valence-corrected chi connectivity index (χ0v) is 16.7. The number of hydrogen-bond acceptors (Lipinski definition) is 3. The molecule has 0 saturated heterocycles. The Morgan fingerprint density at radius 2 is 1.23 bits per heavy atom. The van der Waals surface area contributed by atoms with Crippen LogP contribution in [0.3, 0.4) is 0 Å². The van der Waals surface area contributed by atoms with Crippen LogP contribution in [-0.4, -0.2) is 51.3 Å². The molecule has 0 amide bonds. The molecule has 126 valence electrons. The third-order valence-electron chi connectivity index (χ3n) is 3.63. The van der Waals surface area contributed by atoms with Crippen LogP contribution in [0.15, 0.2) is 0 Å². The fraction of sp³-hybridized carbons (Fsp3) is 0.882. The van der Waals surface area contributed by atoms with E-state index in [9.17, 15) is 9.59 Å². The quantitative estimate of drug-likeness (QED) is 0.375.